The Morgan fingerprint density at radius 1 is 1.29 bits per heavy atom. The largest absolute Gasteiger partial charge is 0.304 e. The molecule has 0 atom stereocenters. The molecule has 0 aliphatic carbocycles. The van der Waals surface area contributed by atoms with Crippen LogP contribution in [-0.2, 0) is 10.0 Å². The number of benzene rings is 1. The van der Waals surface area contributed by atoms with Gasteiger partial charge in [-0.3, -0.25) is 19.8 Å². The number of anilines is 1. The molecule has 7 nitrogen and oxygen atoms in total. The molecule has 0 radical (unpaired) electrons. The maximum absolute atomic E-state index is 13.5. The number of hydrogen-bond acceptors (Lipinski definition) is 5. The van der Waals surface area contributed by atoms with Crippen molar-refractivity contribution in [3.8, 4) is 0 Å². The highest BCUT2D eigenvalue weighted by Crippen LogP contribution is 2.22. The Morgan fingerprint density at radius 2 is 2.00 bits per heavy atom. The standard InChI is InChI=1S/C12H10FN3O4S/c1-8-2-3-9(7-14-8)15-21(19,20)10-4-5-12(16(17)18)11(13)6-10/h2-7,15H,1H3. The summed E-state index contributed by atoms with van der Waals surface area (Å²) in [5.74, 6) is -1.22. The first-order chi connectivity index (χ1) is 9.79. The Hall–Kier alpha value is -2.55. The second-order valence-corrected chi connectivity index (χ2v) is 5.85. The van der Waals surface area contributed by atoms with Gasteiger partial charge in [-0.1, -0.05) is 0 Å². The minimum Gasteiger partial charge on any atom is -0.278 e. The average molecular weight is 311 g/mol. The minimum absolute atomic E-state index is 0.208. The molecule has 0 aliphatic rings. The SMILES string of the molecule is Cc1ccc(NS(=O)(=O)c2ccc([N+](=O)[O-])c(F)c2)cn1. The number of aromatic nitrogens is 1. The van der Waals surface area contributed by atoms with Gasteiger partial charge in [0.15, 0.2) is 0 Å². The lowest BCUT2D eigenvalue weighted by Gasteiger charge is -2.08. The summed E-state index contributed by atoms with van der Waals surface area (Å²) >= 11 is 0. The Balaban J connectivity index is 2.33. The third-order valence-electron chi connectivity index (χ3n) is 2.59. The molecule has 1 heterocycles. The van der Waals surface area contributed by atoms with Gasteiger partial charge in [0.2, 0.25) is 5.82 Å². The lowest BCUT2D eigenvalue weighted by Crippen LogP contribution is -2.13. The van der Waals surface area contributed by atoms with Crippen LogP contribution in [0.1, 0.15) is 5.69 Å². The highest BCUT2D eigenvalue weighted by atomic mass is 32.2. The molecule has 0 saturated heterocycles. The first-order valence-electron chi connectivity index (χ1n) is 5.69. The lowest BCUT2D eigenvalue weighted by molar-refractivity contribution is -0.387. The molecule has 0 bridgehead atoms. The van der Waals surface area contributed by atoms with Crippen LogP contribution >= 0.6 is 0 Å². The van der Waals surface area contributed by atoms with Crippen molar-refractivity contribution >= 4 is 21.4 Å². The summed E-state index contributed by atoms with van der Waals surface area (Å²) in [6.45, 7) is 1.74. The van der Waals surface area contributed by atoms with E-state index >= 15 is 0 Å². The zero-order chi connectivity index (χ0) is 15.6. The third-order valence-corrected chi connectivity index (χ3v) is 3.97. The molecule has 0 amide bonds. The number of sulfonamides is 1. The molecule has 21 heavy (non-hydrogen) atoms. The smallest absolute Gasteiger partial charge is 0.278 e. The van der Waals surface area contributed by atoms with Crippen molar-refractivity contribution in [3.05, 3.63) is 58.2 Å². The number of rotatable bonds is 4. The van der Waals surface area contributed by atoms with Crippen molar-refractivity contribution in [1.29, 1.82) is 0 Å². The van der Waals surface area contributed by atoms with E-state index in [1.54, 1.807) is 13.0 Å². The Labute approximate surface area is 119 Å². The Kier molecular flexibility index (Phi) is 3.85. The van der Waals surface area contributed by atoms with Gasteiger partial charge in [-0.25, -0.2) is 8.42 Å². The first kappa shape index (κ1) is 14.9. The van der Waals surface area contributed by atoms with E-state index in [2.05, 4.69) is 9.71 Å². The molecule has 0 aliphatic heterocycles. The maximum Gasteiger partial charge on any atom is 0.304 e. The van der Waals surface area contributed by atoms with Crippen LogP contribution in [0.3, 0.4) is 0 Å². The van der Waals surface area contributed by atoms with E-state index in [4.69, 9.17) is 0 Å². The van der Waals surface area contributed by atoms with Gasteiger partial charge >= 0.3 is 5.69 Å². The zero-order valence-corrected chi connectivity index (χ0v) is 11.6. The van der Waals surface area contributed by atoms with E-state index in [1.165, 1.54) is 12.3 Å². The lowest BCUT2D eigenvalue weighted by atomic mass is 10.3. The Bertz CT molecular complexity index is 791. The summed E-state index contributed by atoms with van der Waals surface area (Å²) in [6, 6.07) is 5.47. The number of nitro groups is 1. The fourth-order valence-electron chi connectivity index (χ4n) is 1.55. The van der Waals surface area contributed by atoms with E-state index in [-0.39, 0.29) is 5.69 Å². The number of nitro benzene ring substituents is 1. The molecule has 0 saturated carbocycles. The monoisotopic (exact) mass is 311 g/mol. The molecule has 1 N–H and O–H groups in total. The summed E-state index contributed by atoms with van der Waals surface area (Å²) < 4.78 is 39.8. The van der Waals surface area contributed by atoms with Crippen molar-refractivity contribution in [1.82, 2.24) is 4.98 Å². The molecule has 2 aromatic rings. The highest BCUT2D eigenvalue weighted by Gasteiger charge is 2.20. The molecule has 0 fully saturated rings. The van der Waals surface area contributed by atoms with Crippen LogP contribution in [0.4, 0.5) is 15.8 Å². The van der Waals surface area contributed by atoms with Gasteiger partial charge in [0, 0.05) is 17.8 Å². The molecule has 110 valence electrons. The summed E-state index contributed by atoms with van der Waals surface area (Å²) in [5.41, 5.74) is 0.129. The van der Waals surface area contributed by atoms with Crippen molar-refractivity contribution in [2.24, 2.45) is 0 Å². The van der Waals surface area contributed by atoms with E-state index in [0.717, 1.165) is 12.1 Å². The number of nitrogens with one attached hydrogen (secondary N) is 1. The highest BCUT2D eigenvalue weighted by molar-refractivity contribution is 7.92. The van der Waals surface area contributed by atoms with Crippen LogP contribution in [-0.4, -0.2) is 18.3 Å². The third kappa shape index (κ3) is 3.31. The summed E-state index contributed by atoms with van der Waals surface area (Å²) in [4.78, 5) is 13.1. The van der Waals surface area contributed by atoms with Crippen molar-refractivity contribution in [3.63, 3.8) is 0 Å². The molecule has 0 unspecified atom stereocenters. The topological polar surface area (TPSA) is 102 Å². The van der Waals surface area contributed by atoms with Crippen LogP contribution in [0.5, 0.6) is 0 Å². The van der Waals surface area contributed by atoms with Crippen LogP contribution in [0.2, 0.25) is 0 Å². The molecule has 1 aromatic carbocycles. The second kappa shape index (κ2) is 5.44. The van der Waals surface area contributed by atoms with E-state index in [0.29, 0.717) is 11.8 Å². The predicted octanol–water partition coefficient (Wildman–Crippen LogP) is 2.24. The van der Waals surface area contributed by atoms with Gasteiger partial charge in [0.25, 0.3) is 10.0 Å². The molecular weight excluding hydrogens is 301 g/mol. The van der Waals surface area contributed by atoms with E-state index in [9.17, 15) is 22.9 Å². The second-order valence-electron chi connectivity index (χ2n) is 4.16. The van der Waals surface area contributed by atoms with Crippen LogP contribution in [0.25, 0.3) is 0 Å². The van der Waals surface area contributed by atoms with Crippen LogP contribution in [0.15, 0.2) is 41.4 Å². The fourth-order valence-corrected chi connectivity index (χ4v) is 2.60. The number of hydrogen-bond donors (Lipinski definition) is 1. The van der Waals surface area contributed by atoms with E-state index < -0.39 is 31.3 Å². The summed E-state index contributed by atoms with van der Waals surface area (Å²) in [6.07, 6.45) is 1.31. The number of aryl methyl sites for hydroxylation is 1. The maximum atomic E-state index is 13.5. The van der Waals surface area contributed by atoms with Crippen molar-refractivity contribution < 1.29 is 17.7 Å². The molecule has 1 aromatic heterocycles. The van der Waals surface area contributed by atoms with Gasteiger partial charge in [-0.2, -0.15) is 4.39 Å². The van der Waals surface area contributed by atoms with Crippen LogP contribution < -0.4 is 4.72 Å². The van der Waals surface area contributed by atoms with Gasteiger partial charge in [-0.15, -0.1) is 0 Å². The minimum atomic E-state index is -4.04. The predicted molar refractivity (Wildman–Crippen MR) is 72.8 cm³/mol. The number of pyridine rings is 1. The Morgan fingerprint density at radius 3 is 2.52 bits per heavy atom. The van der Waals surface area contributed by atoms with Gasteiger partial charge in [0.05, 0.1) is 21.7 Å². The molecule has 9 heteroatoms. The van der Waals surface area contributed by atoms with Crippen molar-refractivity contribution in [2.45, 2.75) is 11.8 Å². The molecule has 0 spiro atoms. The number of halogens is 1. The van der Waals surface area contributed by atoms with Gasteiger partial charge in [0.1, 0.15) is 0 Å². The number of nitrogens with zero attached hydrogens (tertiary/aromatic N) is 2. The van der Waals surface area contributed by atoms with Gasteiger partial charge < -0.3 is 0 Å². The van der Waals surface area contributed by atoms with Crippen molar-refractivity contribution in [2.75, 3.05) is 4.72 Å². The molecule has 2 rings (SSSR count). The zero-order valence-electron chi connectivity index (χ0n) is 10.8. The normalized spacial score (nSPS) is 11.1. The fraction of sp³-hybridized carbons (Fsp3) is 0.0833. The van der Waals surface area contributed by atoms with Crippen LogP contribution in [0, 0.1) is 22.9 Å². The summed E-state index contributed by atoms with van der Waals surface area (Å²) in [5, 5.41) is 10.5. The first-order valence-corrected chi connectivity index (χ1v) is 7.17. The van der Waals surface area contributed by atoms with E-state index in [1.807, 2.05) is 0 Å². The van der Waals surface area contributed by atoms with Gasteiger partial charge in [-0.05, 0) is 25.1 Å². The summed E-state index contributed by atoms with van der Waals surface area (Å²) in [7, 11) is -4.04. The quantitative estimate of drug-likeness (QED) is 0.689. The molecular formula is C12H10FN3O4S. The average Bonchev–Trinajstić information content (AvgIpc) is 2.40.